The van der Waals surface area contributed by atoms with Crippen molar-refractivity contribution in [2.24, 2.45) is 5.41 Å². The number of carbonyl (C=O) groups is 1. The van der Waals surface area contributed by atoms with Crippen LogP contribution in [0.15, 0.2) is 0 Å². The van der Waals surface area contributed by atoms with Crippen LogP contribution in [0.4, 0.5) is 4.39 Å². The molecule has 1 aliphatic carbocycles. The molecule has 70 valence electrons. The number of rotatable bonds is 3. The summed E-state index contributed by atoms with van der Waals surface area (Å²) in [5.41, 5.74) is -1.54. The summed E-state index contributed by atoms with van der Waals surface area (Å²) < 4.78 is 13.3. The summed E-state index contributed by atoms with van der Waals surface area (Å²) >= 11 is 0. The molecule has 0 spiro atoms. The zero-order valence-corrected chi connectivity index (χ0v) is 7.90. The van der Waals surface area contributed by atoms with Gasteiger partial charge < -0.3 is 4.79 Å². The molecule has 1 saturated carbocycles. The molecule has 0 heterocycles. The zero-order valence-electron chi connectivity index (χ0n) is 7.90. The lowest BCUT2D eigenvalue weighted by molar-refractivity contribution is -0.117. The molecular formula is C10H17FO. The van der Waals surface area contributed by atoms with E-state index in [-0.39, 0.29) is 5.41 Å². The van der Waals surface area contributed by atoms with E-state index in [1.54, 1.807) is 13.8 Å². The normalized spacial score (nSPS) is 22.6. The Morgan fingerprint density at radius 1 is 1.42 bits per heavy atom. The van der Waals surface area contributed by atoms with Crippen molar-refractivity contribution in [3.63, 3.8) is 0 Å². The van der Waals surface area contributed by atoms with Crippen molar-refractivity contribution >= 4 is 6.29 Å². The first kappa shape index (κ1) is 9.69. The summed E-state index contributed by atoms with van der Waals surface area (Å²) in [5.74, 6) is 0. The van der Waals surface area contributed by atoms with Gasteiger partial charge in [-0.1, -0.05) is 12.8 Å². The van der Waals surface area contributed by atoms with Gasteiger partial charge in [0.05, 0.1) is 0 Å². The fourth-order valence-corrected chi connectivity index (χ4v) is 2.25. The van der Waals surface area contributed by atoms with Crippen LogP contribution in [0.3, 0.4) is 0 Å². The fraction of sp³-hybridized carbons (Fsp3) is 0.900. The van der Waals surface area contributed by atoms with Gasteiger partial charge in [-0.25, -0.2) is 4.39 Å². The van der Waals surface area contributed by atoms with Gasteiger partial charge in [-0.05, 0) is 33.1 Å². The maximum atomic E-state index is 13.3. The molecule has 0 N–H and O–H groups in total. The van der Waals surface area contributed by atoms with Crippen molar-refractivity contribution in [2.45, 2.75) is 51.6 Å². The van der Waals surface area contributed by atoms with Crippen LogP contribution < -0.4 is 0 Å². The Labute approximate surface area is 73.3 Å². The number of alkyl halides is 1. The predicted molar refractivity (Wildman–Crippen MR) is 46.8 cm³/mol. The molecule has 0 radical (unpaired) electrons. The van der Waals surface area contributed by atoms with Crippen LogP contribution in [-0.4, -0.2) is 12.0 Å². The van der Waals surface area contributed by atoms with Crippen molar-refractivity contribution in [1.29, 1.82) is 0 Å². The fourth-order valence-electron chi connectivity index (χ4n) is 2.25. The summed E-state index contributed by atoms with van der Waals surface area (Å²) in [6, 6.07) is 0. The minimum absolute atomic E-state index is 0.335. The van der Waals surface area contributed by atoms with Crippen LogP contribution in [0, 0.1) is 5.41 Å². The SMILES string of the molecule is CC(C)(F)CC1(C=O)CCCC1. The monoisotopic (exact) mass is 172 g/mol. The van der Waals surface area contributed by atoms with Crippen molar-refractivity contribution in [2.75, 3.05) is 0 Å². The van der Waals surface area contributed by atoms with Gasteiger partial charge in [-0.3, -0.25) is 0 Å². The zero-order chi connectivity index (χ0) is 9.24. The Balaban J connectivity index is 2.62. The molecule has 1 nitrogen and oxygen atoms in total. The molecule has 1 rings (SSSR count). The highest BCUT2D eigenvalue weighted by molar-refractivity contribution is 5.60. The lowest BCUT2D eigenvalue weighted by Crippen LogP contribution is -2.28. The van der Waals surface area contributed by atoms with E-state index in [0.29, 0.717) is 6.42 Å². The number of halogens is 1. The number of aldehydes is 1. The van der Waals surface area contributed by atoms with Gasteiger partial charge in [0.15, 0.2) is 0 Å². The quantitative estimate of drug-likeness (QED) is 0.598. The molecule has 0 aromatic carbocycles. The maximum Gasteiger partial charge on any atom is 0.126 e. The summed E-state index contributed by atoms with van der Waals surface area (Å²) in [4.78, 5) is 10.8. The maximum absolute atomic E-state index is 13.3. The highest BCUT2D eigenvalue weighted by Crippen LogP contribution is 2.43. The molecule has 1 fully saturated rings. The summed E-state index contributed by atoms with van der Waals surface area (Å²) in [5, 5.41) is 0. The largest absolute Gasteiger partial charge is 0.303 e. The van der Waals surface area contributed by atoms with E-state index in [2.05, 4.69) is 0 Å². The number of carbonyl (C=O) groups excluding carboxylic acids is 1. The second-order valence-corrected chi connectivity index (χ2v) is 4.58. The van der Waals surface area contributed by atoms with Gasteiger partial charge in [-0.15, -0.1) is 0 Å². The van der Waals surface area contributed by atoms with E-state index in [4.69, 9.17) is 0 Å². The van der Waals surface area contributed by atoms with Gasteiger partial charge >= 0.3 is 0 Å². The van der Waals surface area contributed by atoms with Crippen molar-refractivity contribution < 1.29 is 9.18 Å². The third kappa shape index (κ3) is 2.29. The molecule has 12 heavy (non-hydrogen) atoms. The predicted octanol–water partition coefficient (Wildman–Crippen LogP) is 2.88. The Kier molecular flexibility index (Phi) is 2.55. The third-order valence-electron chi connectivity index (χ3n) is 2.62. The Bertz CT molecular complexity index is 163. The molecule has 0 bridgehead atoms. The van der Waals surface area contributed by atoms with Gasteiger partial charge in [0.2, 0.25) is 0 Å². The lowest BCUT2D eigenvalue weighted by Gasteiger charge is -2.27. The highest BCUT2D eigenvalue weighted by Gasteiger charge is 2.38. The average molecular weight is 172 g/mol. The first-order valence-corrected chi connectivity index (χ1v) is 4.63. The van der Waals surface area contributed by atoms with Gasteiger partial charge in [0, 0.05) is 5.41 Å². The number of hydrogen-bond acceptors (Lipinski definition) is 1. The molecule has 0 unspecified atom stereocenters. The third-order valence-corrected chi connectivity index (χ3v) is 2.62. The molecule has 0 aromatic rings. The van der Waals surface area contributed by atoms with Gasteiger partial charge in [0.1, 0.15) is 12.0 Å². The van der Waals surface area contributed by atoms with E-state index in [9.17, 15) is 9.18 Å². The molecule has 0 aromatic heterocycles. The van der Waals surface area contributed by atoms with Crippen LogP contribution in [0.1, 0.15) is 46.0 Å². The molecular weight excluding hydrogens is 155 g/mol. The number of hydrogen-bond donors (Lipinski definition) is 0. The minimum atomic E-state index is -1.20. The minimum Gasteiger partial charge on any atom is -0.303 e. The standard InChI is InChI=1S/C10H17FO/c1-9(2,11)7-10(8-12)5-3-4-6-10/h8H,3-7H2,1-2H3. The Morgan fingerprint density at radius 3 is 2.25 bits per heavy atom. The first-order chi connectivity index (χ1) is 5.47. The molecule has 1 aliphatic rings. The van der Waals surface area contributed by atoms with E-state index >= 15 is 0 Å². The summed E-state index contributed by atoms with van der Waals surface area (Å²) in [7, 11) is 0. The highest BCUT2D eigenvalue weighted by atomic mass is 19.1. The van der Waals surface area contributed by atoms with E-state index in [0.717, 1.165) is 32.0 Å². The first-order valence-electron chi connectivity index (χ1n) is 4.63. The Hall–Kier alpha value is -0.400. The van der Waals surface area contributed by atoms with Crippen LogP contribution in [0.2, 0.25) is 0 Å². The van der Waals surface area contributed by atoms with Gasteiger partial charge in [-0.2, -0.15) is 0 Å². The van der Waals surface area contributed by atoms with Crippen molar-refractivity contribution in [1.82, 2.24) is 0 Å². The van der Waals surface area contributed by atoms with Gasteiger partial charge in [0.25, 0.3) is 0 Å². The topological polar surface area (TPSA) is 17.1 Å². The molecule has 0 aliphatic heterocycles. The van der Waals surface area contributed by atoms with E-state index in [1.165, 1.54) is 0 Å². The molecule has 2 heteroatoms. The second kappa shape index (κ2) is 3.15. The van der Waals surface area contributed by atoms with Crippen LogP contribution >= 0.6 is 0 Å². The molecule has 0 amide bonds. The van der Waals surface area contributed by atoms with Crippen LogP contribution in [0.25, 0.3) is 0 Å². The Morgan fingerprint density at radius 2 is 1.92 bits per heavy atom. The average Bonchev–Trinajstić information content (AvgIpc) is 2.34. The second-order valence-electron chi connectivity index (χ2n) is 4.58. The van der Waals surface area contributed by atoms with Crippen molar-refractivity contribution in [3.05, 3.63) is 0 Å². The van der Waals surface area contributed by atoms with Crippen LogP contribution in [-0.2, 0) is 4.79 Å². The van der Waals surface area contributed by atoms with Crippen molar-refractivity contribution in [3.8, 4) is 0 Å². The summed E-state index contributed by atoms with van der Waals surface area (Å²) in [6.45, 7) is 3.10. The molecule has 0 atom stereocenters. The van der Waals surface area contributed by atoms with Crippen LogP contribution in [0.5, 0.6) is 0 Å². The van der Waals surface area contributed by atoms with E-state index in [1.807, 2.05) is 0 Å². The smallest absolute Gasteiger partial charge is 0.126 e. The summed E-state index contributed by atoms with van der Waals surface area (Å²) in [6.07, 6.45) is 5.28. The van der Waals surface area contributed by atoms with E-state index < -0.39 is 5.67 Å². The lowest BCUT2D eigenvalue weighted by atomic mass is 9.79. The molecule has 0 saturated heterocycles.